The lowest BCUT2D eigenvalue weighted by Gasteiger charge is -2.11. The molecule has 0 heterocycles. The van der Waals surface area contributed by atoms with Crippen LogP contribution in [0.1, 0.15) is 22.3 Å². The highest BCUT2D eigenvalue weighted by Crippen LogP contribution is 2.33. The number of allylic oxidation sites excluding steroid dienone is 12. The number of rotatable bonds is 4. The smallest absolute Gasteiger partial charge is 0.00990 e. The molecule has 0 atom stereocenters. The number of benzene rings is 4. The lowest BCUT2D eigenvalue weighted by Crippen LogP contribution is -1.87. The highest BCUT2D eigenvalue weighted by atomic mass is 14.1. The molecule has 0 nitrogen and oxygen atoms in total. The number of hydrogen-bond acceptors (Lipinski definition) is 0. The van der Waals surface area contributed by atoms with Crippen molar-refractivity contribution in [3.63, 3.8) is 0 Å². The van der Waals surface area contributed by atoms with Gasteiger partial charge in [0.25, 0.3) is 0 Å². The van der Waals surface area contributed by atoms with Crippen LogP contribution < -0.4 is 0 Å². The molecule has 0 unspecified atom stereocenters. The summed E-state index contributed by atoms with van der Waals surface area (Å²) < 4.78 is 0. The van der Waals surface area contributed by atoms with Crippen molar-refractivity contribution in [3.8, 4) is 0 Å². The molecule has 0 aliphatic heterocycles. The number of hydrogen-bond donors (Lipinski definition) is 0. The van der Waals surface area contributed by atoms with Crippen molar-refractivity contribution < 1.29 is 0 Å². The van der Waals surface area contributed by atoms with E-state index in [9.17, 15) is 0 Å². The van der Waals surface area contributed by atoms with Crippen LogP contribution in [0.3, 0.4) is 0 Å². The molecule has 0 radical (unpaired) electrons. The van der Waals surface area contributed by atoms with E-state index >= 15 is 0 Å². The first-order valence-electron chi connectivity index (χ1n) is 12.2. The molecule has 4 aromatic rings. The van der Waals surface area contributed by atoms with Gasteiger partial charge < -0.3 is 0 Å². The van der Waals surface area contributed by atoms with Crippen LogP contribution in [0, 0.1) is 0 Å². The highest BCUT2D eigenvalue weighted by Gasteiger charge is 2.08. The molecular formula is C36H28. The molecule has 36 heavy (non-hydrogen) atoms. The van der Waals surface area contributed by atoms with Gasteiger partial charge in [-0.3, -0.25) is 0 Å². The van der Waals surface area contributed by atoms with Crippen molar-refractivity contribution >= 4 is 44.8 Å². The lowest BCUT2D eigenvalue weighted by atomic mass is 9.92. The Bertz CT molecular complexity index is 1640. The summed E-state index contributed by atoms with van der Waals surface area (Å²) in [6, 6.07) is 25.9. The first kappa shape index (κ1) is 23.1. The van der Waals surface area contributed by atoms with E-state index in [4.69, 9.17) is 0 Å². The van der Waals surface area contributed by atoms with E-state index in [2.05, 4.69) is 147 Å². The minimum absolute atomic E-state index is 1.08. The zero-order chi connectivity index (χ0) is 24.7. The first-order valence-corrected chi connectivity index (χ1v) is 12.2. The van der Waals surface area contributed by atoms with Crippen LogP contribution in [0.15, 0.2) is 147 Å². The Balaban J connectivity index is 1.53. The summed E-state index contributed by atoms with van der Waals surface area (Å²) in [5.41, 5.74) is 6.85. The summed E-state index contributed by atoms with van der Waals surface area (Å²) in [6.45, 7) is 7.85. The van der Waals surface area contributed by atoms with E-state index in [0.717, 1.165) is 22.3 Å². The van der Waals surface area contributed by atoms with Crippen LogP contribution in [-0.4, -0.2) is 0 Å². The maximum Gasteiger partial charge on any atom is -0.00990 e. The van der Waals surface area contributed by atoms with E-state index in [0.29, 0.717) is 0 Å². The minimum Gasteiger partial charge on any atom is -0.0984 e. The van der Waals surface area contributed by atoms with Gasteiger partial charge in [-0.1, -0.05) is 147 Å². The first-order chi connectivity index (χ1) is 17.8. The molecular weight excluding hydrogens is 432 g/mol. The van der Waals surface area contributed by atoms with Gasteiger partial charge in [0.15, 0.2) is 0 Å². The molecule has 0 saturated heterocycles. The molecule has 0 heteroatoms. The van der Waals surface area contributed by atoms with Gasteiger partial charge in [-0.15, -0.1) is 0 Å². The van der Waals surface area contributed by atoms with Gasteiger partial charge >= 0.3 is 0 Å². The van der Waals surface area contributed by atoms with Crippen molar-refractivity contribution in [2.45, 2.75) is 0 Å². The second-order valence-corrected chi connectivity index (χ2v) is 8.67. The summed E-state index contributed by atoms with van der Waals surface area (Å²) in [6.07, 6.45) is 25.0. The Morgan fingerprint density at radius 2 is 1.14 bits per heavy atom. The monoisotopic (exact) mass is 460 g/mol. The van der Waals surface area contributed by atoms with Gasteiger partial charge in [0.2, 0.25) is 0 Å². The molecule has 1 aliphatic rings. The Hall–Kier alpha value is -4.68. The lowest BCUT2D eigenvalue weighted by molar-refractivity contribution is 1.56. The van der Waals surface area contributed by atoms with Gasteiger partial charge in [0.05, 0.1) is 0 Å². The molecule has 0 amide bonds. The maximum absolute atomic E-state index is 3.95. The third kappa shape index (κ3) is 4.76. The summed E-state index contributed by atoms with van der Waals surface area (Å²) in [5.74, 6) is 0. The van der Waals surface area contributed by atoms with Crippen LogP contribution in [-0.2, 0) is 0 Å². The second-order valence-electron chi connectivity index (χ2n) is 8.67. The topological polar surface area (TPSA) is 0 Å². The Morgan fingerprint density at radius 3 is 1.89 bits per heavy atom. The van der Waals surface area contributed by atoms with Crippen molar-refractivity contribution in [2.24, 2.45) is 0 Å². The van der Waals surface area contributed by atoms with E-state index in [1.54, 1.807) is 0 Å². The van der Waals surface area contributed by atoms with Crippen LogP contribution >= 0.6 is 0 Å². The highest BCUT2D eigenvalue weighted by molar-refractivity contribution is 6.12. The Labute approximate surface area is 213 Å². The molecule has 0 N–H and O–H groups in total. The van der Waals surface area contributed by atoms with Gasteiger partial charge in [0.1, 0.15) is 0 Å². The van der Waals surface area contributed by atoms with Crippen LogP contribution in [0.4, 0.5) is 0 Å². The van der Waals surface area contributed by atoms with Gasteiger partial charge in [-0.25, -0.2) is 0 Å². The summed E-state index contributed by atoms with van der Waals surface area (Å²) >= 11 is 0. The molecule has 0 saturated carbocycles. The van der Waals surface area contributed by atoms with E-state index in [1.165, 1.54) is 32.7 Å². The zero-order valence-electron chi connectivity index (χ0n) is 20.3. The van der Waals surface area contributed by atoms with Crippen LogP contribution in [0.25, 0.3) is 44.8 Å². The quantitative estimate of drug-likeness (QED) is 0.266. The average molecular weight is 461 g/mol. The Morgan fingerprint density at radius 1 is 0.500 bits per heavy atom. The van der Waals surface area contributed by atoms with Gasteiger partial charge in [-0.05, 0) is 67.1 Å². The molecule has 1 aliphatic carbocycles. The normalized spacial score (nSPS) is 20.1. The average Bonchev–Trinajstić information content (AvgIpc) is 2.92. The molecule has 4 aromatic carbocycles. The fraction of sp³-hybridized carbons (Fsp3) is 0. The third-order valence-electron chi connectivity index (χ3n) is 6.49. The molecule has 0 spiro atoms. The molecule has 172 valence electrons. The fourth-order valence-corrected chi connectivity index (χ4v) is 4.66. The minimum atomic E-state index is 1.08. The largest absolute Gasteiger partial charge is 0.0984 e. The van der Waals surface area contributed by atoms with Crippen LogP contribution in [0.2, 0.25) is 0 Å². The third-order valence-corrected chi connectivity index (χ3v) is 6.49. The molecule has 0 fully saturated rings. The molecule has 0 aromatic heterocycles. The standard InChI is InChI=1S/C36H28/c1-3-27-23-24-31(25-28(27)4-2)29-15-7-5-9-17-30(18-10-6-8-16-29)36-26-32-19-11-12-20-33(32)34-21-13-14-22-35(34)36/h3-26H,1-2H2/b7-5+,8-6?,9-5?,10-6-,15-7?,16-8-,17-9+,18-10?,29-15+,29-16?,30-17?,30-18+. The van der Waals surface area contributed by atoms with Crippen molar-refractivity contribution in [2.75, 3.05) is 0 Å². The molecule has 0 bridgehead atoms. The van der Waals surface area contributed by atoms with Crippen molar-refractivity contribution in [3.05, 3.63) is 169 Å². The summed E-state index contributed by atoms with van der Waals surface area (Å²) in [7, 11) is 0. The second kappa shape index (κ2) is 10.7. The fourth-order valence-electron chi connectivity index (χ4n) is 4.66. The van der Waals surface area contributed by atoms with Crippen molar-refractivity contribution in [1.82, 2.24) is 0 Å². The predicted molar refractivity (Wildman–Crippen MR) is 161 cm³/mol. The van der Waals surface area contributed by atoms with Gasteiger partial charge in [0, 0.05) is 0 Å². The Kier molecular flexibility index (Phi) is 6.87. The van der Waals surface area contributed by atoms with E-state index in [-0.39, 0.29) is 0 Å². The summed E-state index contributed by atoms with van der Waals surface area (Å²) in [5, 5.41) is 5.07. The van der Waals surface area contributed by atoms with Crippen molar-refractivity contribution in [1.29, 1.82) is 0 Å². The predicted octanol–water partition coefficient (Wildman–Crippen LogP) is 9.98. The van der Waals surface area contributed by atoms with Gasteiger partial charge in [-0.2, -0.15) is 0 Å². The van der Waals surface area contributed by atoms with E-state index < -0.39 is 0 Å². The maximum atomic E-state index is 3.95. The summed E-state index contributed by atoms with van der Waals surface area (Å²) in [4.78, 5) is 0. The van der Waals surface area contributed by atoms with E-state index in [1.807, 2.05) is 12.2 Å². The number of fused-ring (bicyclic) bond motifs is 3. The SMILES string of the molecule is C=Cc1ccc(C2=C/C=C/C=C/C(c3cc4ccccc4c4ccccc34)=C\C=C/C=C\2)cc1C=C. The van der Waals surface area contributed by atoms with Crippen LogP contribution in [0.5, 0.6) is 0 Å². The zero-order valence-corrected chi connectivity index (χ0v) is 20.3. The molecule has 5 rings (SSSR count).